The molecule has 0 bridgehead atoms. The Morgan fingerprint density at radius 3 is 1.44 bits per heavy atom. The van der Waals surface area contributed by atoms with E-state index in [4.69, 9.17) is 62.6 Å². The number of amides is 8. The van der Waals surface area contributed by atoms with Gasteiger partial charge in [-0.25, -0.2) is 4.79 Å². The molecule has 0 aromatic heterocycles. The van der Waals surface area contributed by atoms with Crippen molar-refractivity contribution in [3.05, 3.63) is 42.0 Å². The van der Waals surface area contributed by atoms with Gasteiger partial charge in [0.1, 0.15) is 25.2 Å². The lowest BCUT2D eigenvalue weighted by Gasteiger charge is -2.27. The van der Waals surface area contributed by atoms with E-state index in [-0.39, 0.29) is 77.2 Å². The quantitative estimate of drug-likeness (QED) is 0.0334. The van der Waals surface area contributed by atoms with Gasteiger partial charge in [0.25, 0.3) is 11.8 Å². The molecule has 2 rings (SSSR count). The fourth-order valence-corrected chi connectivity index (χ4v) is 6.88. The third-order valence-electron chi connectivity index (χ3n) is 11.4. The monoisotopic (exact) mass is 1160 g/mol. The Morgan fingerprint density at radius 1 is 0.580 bits per heavy atom. The van der Waals surface area contributed by atoms with E-state index in [9.17, 15) is 38.4 Å². The lowest BCUT2D eigenvalue weighted by atomic mass is 10.0. The van der Waals surface area contributed by atoms with Gasteiger partial charge in [0.05, 0.1) is 145 Å². The van der Waals surface area contributed by atoms with Gasteiger partial charge in [-0.2, -0.15) is 0 Å². The number of benzene rings is 1. The Kier molecular flexibility index (Phi) is 40.4. The van der Waals surface area contributed by atoms with Gasteiger partial charge in [-0.3, -0.25) is 38.5 Å². The third-order valence-corrected chi connectivity index (χ3v) is 11.4. The normalized spacial score (nSPS) is 13.0. The summed E-state index contributed by atoms with van der Waals surface area (Å²) in [6.07, 6.45) is 2.21. The number of nitrogens with zero attached hydrogens (tertiary/aromatic N) is 2. The van der Waals surface area contributed by atoms with Crippen LogP contribution in [0.5, 0.6) is 0 Å². The third kappa shape index (κ3) is 35.7. The highest BCUT2D eigenvalue weighted by atomic mass is 16.6. The number of carbonyl (C=O) groups is 8. The fourth-order valence-electron chi connectivity index (χ4n) is 6.88. The second-order valence-corrected chi connectivity index (χ2v) is 18.6. The molecule has 1 aliphatic heterocycles. The summed E-state index contributed by atoms with van der Waals surface area (Å²) >= 11 is 0. The number of nitrogens with two attached hydrogens (primary N) is 1. The van der Waals surface area contributed by atoms with Crippen LogP contribution in [0.15, 0.2) is 36.4 Å². The van der Waals surface area contributed by atoms with E-state index in [1.807, 2.05) is 0 Å². The first-order valence-corrected chi connectivity index (χ1v) is 27.4. The Morgan fingerprint density at radius 2 is 1.02 bits per heavy atom. The van der Waals surface area contributed by atoms with Crippen LogP contribution in [-0.2, 0) is 97.0 Å². The molecule has 27 heteroatoms. The lowest BCUT2D eigenvalue weighted by molar-refractivity contribution is -0.148. The van der Waals surface area contributed by atoms with Gasteiger partial charge in [0.2, 0.25) is 23.6 Å². The number of hydrogen-bond acceptors (Lipinski definition) is 20. The predicted molar refractivity (Wildman–Crippen MR) is 292 cm³/mol. The second-order valence-electron chi connectivity index (χ2n) is 18.6. The molecule has 0 unspecified atom stereocenters. The molecule has 0 radical (unpaired) electrons. The van der Waals surface area contributed by atoms with Crippen molar-refractivity contribution in [3.63, 3.8) is 0 Å². The van der Waals surface area contributed by atoms with E-state index in [0.717, 1.165) is 17.1 Å². The standard InChI is InChI=1S/C54H89N7O20/c1-41(2)50(52(67)58-45(7-6-15-56-54(55)69)51(66)57-44-10-8-43(9-11-44)40-81-53(68)42(3)4)59-46(62)14-16-60(49(65)39-61-47(63)12-13-48(61)64)17-18-71-21-22-73-25-26-75-29-30-77-33-34-79-37-38-80-36-35-78-32-31-76-28-27-74-24-23-72-20-19-70-5/h8-13,41-42,45,50H,6-7,14-40H2,1-5H3,(H,57,66)(H,58,67)(H,59,62)(H3,55,56,69)/t45-,50-/m0/s1. The smallest absolute Gasteiger partial charge is 0.312 e. The van der Waals surface area contributed by atoms with Crippen LogP contribution in [0.1, 0.15) is 52.5 Å². The van der Waals surface area contributed by atoms with Crippen LogP contribution in [0.25, 0.3) is 0 Å². The van der Waals surface area contributed by atoms with Crippen LogP contribution >= 0.6 is 0 Å². The maximum atomic E-state index is 13.8. The van der Waals surface area contributed by atoms with Crippen molar-refractivity contribution in [1.29, 1.82) is 0 Å². The molecule has 0 aliphatic carbocycles. The molecule has 1 aliphatic rings. The fraction of sp³-hybridized carbons (Fsp3) is 0.704. The molecule has 6 N–H and O–H groups in total. The Balaban J connectivity index is 1.68. The van der Waals surface area contributed by atoms with Gasteiger partial charge in [0, 0.05) is 51.0 Å². The summed E-state index contributed by atoms with van der Waals surface area (Å²) in [7, 11) is 1.63. The van der Waals surface area contributed by atoms with Crippen molar-refractivity contribution in [2.24, 2.45) is 17.6 Å². The Hall–Kier alpha value is -5.72. The van der Waals surface area contributed by atoms with E-state index in [1.54, 1.807) is 59.1 Å². The molecule has 1 aromatic rings. The summed E-state index contributed by atoms with van der Waals surface area (Å²) in [6.45, 7) is 14.8. The summed E-state index contributed by atoms with van der Waals surface area (Å²) in [5.41, 5.74) is 6.30. The molecule has 0 saturated heterocycles. The molecular weight excluding hydrogens is 1070 g/mol. The van der Waals surface area contributed by atoms with Crippen molar-refractivity contribution >= 4 is 53.1 Å². The van der Waals surface area contributed by atoms with Gasteiger partial charge < -0.3 is 88.7 Å². The van der Waals surface area contributed by atoms with Crippen molar-refractivity contribution in [1.82, 2.24) is 25.8 Å². The minimum absolute atomic E-state index is 0.000137. The molecule has 0 saturated carbocycles. The summed E-state index contributed by atoms with van der Waals surface area (Å²) in [4.78, 5) is 104. The van der Waals surface area contributed by atoms with E-state index < -0.39 is 66.0 Å². The van der Waals surface area contributed by atoms with E-state index >= 15 is 0 Å². The van der Waals surface area contributed by atoms with Crippen LogP contribution in [0.2, 0.25) is 0 Å². The summed E-state index contributed by atoms with van der Waals surface area (Å²) in [6, 6.07) is 3.63. The Bertz CT molecular complexity index is 1960. The average molecular weight is 1160 g/mol. The van der Waals surface area contributed by atoms with Gasteiger partial charge in [-0.15, -0.1) is 0 Å². The highest BCUT2D eigenvalue weighted by Gasteiger charge is 2.31. The lowest BCUT2D eigenvalue weighted by Crippen LogP contribution is -2.55. The number of ether oxygens (including phenoxy) is 12. The van der Waals surface area contributed by atoms with Crippen molar-refractivity contribution in [2.45, 2.75) is 65.6 Å². The van der Waals surface area contributed by atoms with E-state index in [2.05, 4.69) is 21.3 Å². The van der Waals surface area contributed by atoms with Gasteiger partial charge >= 0.3 is 12.0 Å². The number of rotatable bonds is 51. The number of carbonyl (C=O) groups excluding carboxylic acids is 8. The summed E-state index contributed by atoms with van der Waals surface area (Å²) in [5.74, 6) is -4.81. The maximum absolute atomic E-state index is 13.8. The number of imide groups is 1. The molecule has 0 fully saturated rings. The zero-order valence-corrected chi connectivity index (χ0v) is 47.9. The van der Waals surface area contributed by atoms with Gasteiger partial charge in [-0.1, -0.05) is 39.8 Å². The van der Waals surface area contributed by atoms with Crippen LogP contribution in [-0.4, -0.2) is 241 Å². The first-order valence-electron chi connectivity index (χ1n) is 27.4. The Labute approximate surface area is 475 Å². The number of anilines is 1. The topological polar surface area (TPSA) is 328 Å². The number of nitrogens with one attached hydrogen (secondary N) is 4. The van der Waals surface area contributed by atoms with Gasteiger partial charge in [-0.05, 0) is 36.5 Å². The molecule has 0 spiro atoms. The number of primary amides is 1. The zero-order chi connectivity index (χ0) is 59.3. The van der Waals surface area contributed by atoms with E-state index in [0.29, 0.717) is 130 Å². The minimum atomic E-state index is -1.11. The average Bonchev–Trinajstić information content (AvgIpc) is 3.77. The van der Waals surface area contributed by atoms with E-state index in [1.165, 1.54) is 4.90 Å². The van der Waals surface area contributed by atoms with Crippen LogP contribution < -0.4 is 27.0 Å². The SMILES string of the molecule is COCCOCCOCCOCCOCCOCCOCCOCCOCCOCCOCCN(CCC(=O)N[C@H](C(=O)N[C@@H](CCCNC(N)=O)C(=O)Nc1ccc(COC(=O)C(C)C)cc1)C(C)C)C(=O)CN1C(=O)C=CC1=O. The first-order chi connectivity index (χ1) is 39.1. The predicted octanol–water partition coefficient (Wildman–Crippen LogP) is 0.354. The van der Waals surface area contributed by atoms with Crippen molar-refractivity contribution in [2.75, 3.05) is 177 Å². The number of methoxy groups -OCH3 is 1. The highest BCUT2D eigenvalue weighted by Crippen LogP contribution is 2.14. The van der Waals surface area contributed by atoms with Crippen molar-refractivity contribution < 1.29 is 95.2 Å². The molecule has 8 amide bonds. The van der Waals surface area contributed by atoms with Crippen LogP contribution in [0.3, 0.4) is 0 Å². The van der Waals surface area contributed by atoms with Crippen LogP contribution in [0, 0.1) is 11.8 Å². The van der Waals surface area contributed by atoms with Crippen molar-refractivity contribution in [3.8, 4) is 0 Å². The molecular formula is C54H89N7O20. The molecule has 1 aromatic carbocycles. The summed E-state index contributed by atoms with van der Waals surface area (Å²) < 4.78 is 65.1. The number of hydrogen-bond donors (Lipinski definition) is 5. The summed E-state index contributed by atoms with van der Waals surface area (Å²) in [5, 5.41) is 10.6. The number of urea groups is 1. The first kappa shape index (κ1) is 71.4. The highest BCUT2D eigenvalue weighted by molar-refractivity contribution is 6.14. The number of esters is 1. The molecule has 460 valence electrons. The van der Waals surface area contributed by atoms with Gasteiger partial charge in [0.15, 0.2) is 0 Å². The molecule has 27 nitrogen and oxygen atoms in total. The van der Waals surface area contributed by atoms with Crippen LogP contribution in [0.4, 0.5) is 10.5 Å². The molecule has 81 heavy (non-hydrogen) atoms. The molecule has 1 heterocycles. The minimum Gasteiger partial charge on any atom is -0.461 e. The maximum Gasteiger partial charge on any atom is 0.312 e. The molecule has 2 atom stereocenters. The second kappa shape index (κ2) is 45.8. The largest absolute Gasteiger partial charge is 0.461 e. The zero-order valence-electron chi connectivity index (χ0n) is 47.9.